The maximum absolute atomic E-state index is 13.6. The van der Waals surface area contributed by atoms with Crippen LogP contribution in [0.1, 0.15) is 54.0 Å². The van der Waals surface area contributed by atoms with E-state index in [0.717, 1.165) is 6.07 Å². The molecule has 0 atom stereocenters. The summed E-state index contributed by atoms with van der Waals surface area (Å²) in [5.74, 6) is 0.210. The van der Waals surface area contributed by atoms with Crippen LogP contribution in [0.15, 0.2) is 36.4 Å². The van der Waals surface area contributed by atoms with Crippen LogP contribution in [-0.4, -0.2) is 28.9 Å². The molecule has 2 aromatic rings. The van der Waals surface area contributed by atoms with E-state index >= 15 is 0 Å². The van der Waals surface area contributed by atoms with Crippen LogP contribution in [0.3, 0.4) is 0 Å². The van der Waals surface area contributed by atoms with Crippen LogP contribution in [0.5, 0.6) is 5.88 Å². The maximum atomic E-state index is 13.6. The average Bonchev–Trinajstić information content (AvgIpc) is 2.80. The van der Waals surface area contributed by atoms with Crippen LogP contribution in [0, 0.1) is 0 Å². The predicted molar refractivity (Wildman–Crippen MR) is 111 cm³/mol. The molecule has 0 aliphatic carbocycles. The lowest BCUT2D eigenvalue weighted by molar-refractivity contribution is -0.137. The van der Waals surface area contributed by atoms with Crippen molar-refractivity contribution in [2.45, 2.75) is 71.4 Å². The van der Waals surface area contributed by atoms with Crippen molar-refractivity contribution in [2.24, 2.45) is 0 Å². The van der Waals surface area contributed by atoms with Gasteiger partial charge in [-0.05, 0) is 66.1 Å². The Labute approximate surface area is 175 Å². The third kappa shape index (κ3) is 4.65. The molecule has 0 saturated carbocycles. The van der Waals surface area contributed by atoms with Crippen LogP contribution in [-0.2, 0) is 15.5 Å². The highest BCUT2D eigenvalue weighted by Gasteiger charge is 2.52. The zero-order valence-corrected chi connectivity index (χ0v) is 18.3. The van der Waals surface area contributed by atoms with Crippen molar-refractivity contribution in [3.05, 3.63) is 42.0 Å². The average molecular weight is 421 g/mol. The third-order valence-corrected chi connectivity index (χ3v) is 5.27. The summed E-state index contributed by atoms with van der Waals surface area (Å²) >= 11 is 0. The Morgan fingerprint density at radius 3 is 2.03 bits per heavy atom. The van der Waals surface area contributed by atoms with E-state index in [9.17, 15) is 13.2 Å². The molecule has 1 aromatic heterocycles. The van der Waals surface area contributed by atoms with Crippen LogP contribution in [0.4, 0.5) is 13.2 Å². The number of pyridine rings is 1. The molecule has 2 heterocycles. The highest BCUT2D eigenvalue weighted by Crippen LogP contribution is 2.39. The lowest BCUT2D eigenvalue weighted by atomic mass is 9.78. The fourth-order valence-electron chi connectivity index (χ4n) is 3.10. The summed E-state index contributed by atoms with van der Waals surface area (Å²) in [6.07, 6.45) is -4.51. The smallest absolute Gasteiger partial charge is 0.472 e. The van der Waals surface area contributed by atoms with Gasteiger partial charge in [-0.15, -0.1) is 0 Å². The van der Waals surface area contributed by atoms with Crippen molar-refractivity contribution in [1.29, 1.82) is 0 Å². The van der Waals surface area contributed by atoms with Gasteiger partial charge < -0.3 is 14.0 Å². The molecule has 0 unspecified atom stereocenters. The molecule has 1 aromatic carbocycles. The van der Waals surface area contributed by atoms with E-state index in [1.54, 1.807) is 18.2 Å². The Balaban J connectivity index is 2.14. The topological polar surface area (TPSA) is 40.6 Å². The molecular weight excluding hydrogens is 394 g/mol. The SMILES string of the molecule is CC(C)(C)Oc1cc(B2OC(C)(C)C(C)(C)O2)cc(-c2ccccc2C(F)(F)F)n1. The molecule has 0 radical (unpaired) electrons. The Morgan fingerprint density at radius 2 is 1.50 bits per heavy atom. The number of nitrogens with zero attached hydrogens (tertiary/aromatic N) is 1. The van der Waals surface area contributed by atoms with Crippen molar-refractivity contribution in [2.75, 3.05) is 0 Å². The first-order valence-corrected chi connectivity index (χ1v) is 9.82. The van der Waals surface area contributed by atoms with E-state index in [1.807, 2.05) is 48.5 Å². The van der Waals surface area contributed by atoms with E-state index in [1.165, 1.54) is 12.1 Å². The number of hydrogen-bond acceptors (Lipinski definition) is 4. The first-order valence-electron chi connectivity index (χ1n) is 9.82. The number of hydrogen-bond donors (Lipinski definition) is 0. The molecule has 8 heteroatoms. The van der Waals surface area contributed by atoms with E-state index in [2.05, 4.69) is 4.98 Å². The summed E-state index contributed by atoms with van der Waals surface area (Å²) in [4.78, 5) is 4.37. The lowest BCUT2D eigenvalue weighted by Crippen LogP contribution is -2.41. The van der Waals surface area contributed by atoms with Crippen molar-refractivity contribution in [1.82, 2.24) is 4.98 Å². The molecule has 1 fully saturated rings. The van der Waals surface area contributed by atoms with Crippen molar-refractivity contribution >= 4 is 12.6 Å². The largest absolute Gasteiger partial charge is 0.495 e. The van der Waals surface area contributed by atoms with Gasteiger partial charge in [0, 0.05) is 11.6 Å². The lowest BCUT2D eigenvalue weighted by Gasteiger charge is -2.32. The predicted octanol–water partition coefficient (Wildman–Crippen LogP) is 5.24. The molecule has 1 aliphatic heterocycles. The highest BCUT2D eigenvalue weighted by atomic mass is 19.4. The Bertz CT molecular complexity index is 920. The normalized spacial score (nSPS) is 18.5. The molecule has 0 N–H and O–H groups in total. The van der Waals surface area contributed by atoms with E-state index in [4.69, 9.17) is 14.0 Å². The second-order valence-corrected chi connectivity index (χ2v) is 9.47. The standard InChI is InChI=1S/C22H27BF3NO3/c1-19(2,3)28-18-13-14(23-29-20(4,5)21(6,7)30-23)12-17(27-18)15-10-8-9-11-16(15)22(24,25)26/h8-13H,1-7H3. The quantitative estimate of drug-likeness (QED) is 0.636. The maximum Gasteiger partial charge on any atom is 0.495 e. The van der Waals surface area contributed by atoms with E-state index in [0.29, 0.717) is 5.46 Å². The second-order valence-electron chi connectivity index (χ2n) is 9.47. The van der Waals surface area contributed by atoms with Crippen molar-refractivity contribution in [3.63, 3.8) is 0 Å². The molecule has 3 rings (SSSR count). The molecule has 0 amide bonds. The zero-order valence-electron chi connectivity index (χ0n) is 18.3. The molecule has 0 bridgehead atoms. The Hall–Kier alpha value is -2.06. The number of rotatable bonds is 3. The zero-order chi connectivity index (χ0) is 22.5. The van der Waals surface area contributed by atoms with Gasteiger partial charge in [-0.1, -0.05) is 18.2 Å². The van der Waals surface area contributed by atoms with Crippen LogP contribution < -0.4 is 10.2 Å². The van der Waals surface area contributed by atoms with E-state index < -0.39 is 35.7 Å². The molecule has 1 saturated heterocycles. The minimum Gasteiger partial charge on any atom is -0.472 e. The fourth-order valence-corrected chi connectivity index (χ4v) is 3.10. The highest BCUT2D eigenvalue weighted by molar-refractivity contribution is 6.62. The minimum atomic E-state index is -4.51. The number of halogens is 3. The summed E-state index contributed by atoms with van der Waals surface area (Å²) in [6.45, 7) is 13.2. The van der Waals surface area contributed by atoms with Crippen LogP contribution in [0.25, 0.3) is 11.3 Å². The second kappa shape index (κ2) is 7.27. The summed E-state index contributed by atoms with van der Waals surface area (Å²) in [7, 11) is -0.753. The fraction of sp³-hybridized carbons (Fsp3) is 0.500. The first-order chi connectivity index (χ1) is 13.6. The van der Waals surface area contributed by atoms with Gasteiger partial charge in [0.15, 0.2) is 0 Å². The Morgan fingerprint density at radius 1 is 0.933 bits per heavy atom. The van der Waals surface area contributed by atoms with Crippen LogP contribution >= 0.6 is 0 Å². The molecule has 0 spiro atoms. The van der Waals surface area contributed by atoms with Gasteiger partial charge in [-0.2, -0.15) is 13.2 Å². The Kier molecular flexibility index (Phi) is 5.48. The van der Waals surface area contributed by atoms with Gasteiger partial charge in [0.2, 0.25) is 5.88 Å². The molecule has 162 valence electrons. The number of ether oxygens (including phenoxy) is 1. The molecular formula is C22H27BF3NO3. The molecule has 1 aliphatic rings. The van der Waals surface area contributed by atoms with Crippen LogP contribution in [0.2, 0.25) is 0 Å². The van der Waals surface area contributed by atoms with Gasteiger partial charge >= 0.3 is 13.3 Å². The monoisotopic (exact) mass is 421 g/mol. The third-order valence-electron chi connectivity index (χ3n) is 5.27. The summed E-state index contributed by atoms with van der Waals surface area (Å²) in [6, 6.07) is 8.59. The number of aromatic nitrogens is 1. The van der Waals surface area contributed by atoms with Gasteiger partial charge in [-0.3, -0.25) is 0 Å². The van der Waals surface area contributed by atoms with Gasteiger partial charge in [0.1, 0.15) is 5.60 Å². The minimum absolute atomic E-state index is 0.0258. The van der Waals surface area contributed by atoms with Gasteiger partial charge in [0.25, 0.3) is 0 Å². The summed E-state index contributed by atoms with van der Waals surface area (Å²) in [5, 5.41) is 0. The number of benzene rings is 1. The molecule has 30 heavy (non-hydrogen) atoms. The first kappa shape index (κ1) is 22.6. The van der Waals surface area contributed by atoms with E-state index in [-0.39, 0.29) is 17.1 Å². The summed E-state index contributed by atoms with van der Waals surface area (Å²) in [5.41, 5.74) is -1.84. The van der Waals surface area contributed by atoms with Crippen molar-refractivity contribution in [3.8, 4) is 17.1 Å². The van der Waals surface area contributed by atoms with Gasteiger partial charge in [0.05, 0.1) is 22.5 Å². The summed E-state index contributed by atoms with van der Waals surface area (Å²) < 4.78 is 58.9. The van der Waals surface area contributed by atoms with Gasteiger partial charge in [-0.25, -0.2) is 4.98 Å². The number of alkyl halides is 3. The molecule has 4 nitrogen and oxygen atoms in total. The van der Waals surface area contributed by atoms with Crippen molar-refractivity contribution < 1.29 is 27.2 Å².